The van der Waals surface area contributed by atoms with E-state index in [-0.39, 0.29) is 11.9 Å². The lowest BCUT2D eigenvalue weighted by Crippen LogP contribution is -2.41. The lowest BCUT2D eigenvalue weighted by molar-refractivity contribution is -0.132. The third kappa shape index (κ3) is 2.62. The normalized spacial score (nSPS) is 18.9. The number of carbonyl (C=O) groups excluding carboxylic acids is 1. The van der Waals surface area contributed by atoms with Crippen LogP contribution in [0, 0.1) is 0 Å². The molecule has 1 amide bonds. The molecular formula is C14H17N3OS. The van der Waals surface area contributed by atoms with Crippen LogP contribution in [0.3, 0.4) is 0 Å². The number of carbonyl (C=O) groups is 1. The van der Waals surface area contributed by atoms with Gasteiger partial charge in [0, 0.05) is 7.05 Å². The van der Waals surface area contributed by atoms with Gasteiger partial charge in [-0.05, 0) is 31.5 Å². The first-order chi connectivity index (χ1) is 9.24. The van der Waals surface area contributed by atoms with Crippen molar-refractivity contribution in [1.82, 2.24) is 15.2 Å². The molecule has 1 aromatic carbocycles. The average molecular weight is 275 g/mol. The van der Waals surface area contributed by atoms with E-state index in [2.05, 4.69) is 16.4 Å². The molecule has 1 fully saturated rings. The number of aromatic nitrogens is 1. The zero-order valence-corrected chi connectivity index (χ0v) is 11.7. The molecular weight excluding hydrogens is 258 g/mol. The molecule has 2 heterocycles. The van der Waals surface area contributed by atoms with Crippen LogP contribution in [-0.2, 0) is 11.3 Å². The van der Waals surface area contributed by atoms with Gasteiger partial charge in [0.2, 0.25) is 5.91 Å². The molecule has 0 aliphatic carbocycles. The van der Waals surface area contributed by atoms with Gasteiger partial charge in [0.05, 0.1) is 22.8 Å². The second-order valence-corrected chi connectivity index (χ2v) is 6.03. The highest BCUT2D eigenvalue weighted by molar-refractivity contribution is 7.18. The number of para-hydroxylation sites is 1. The topological polar surface area (TPSA) is 45.2 Å². The summed E-state index contributed by atoms with van der Waals surface area (Å²) in [5.74, 6) is 0.178. The largest absolute Gasteiger partial charge is 0.338 e. The Labute approximate surface area is 116 Å². The summed E-state index contributed by atoms with van der Waals surface area (Å²) < 4.78 is 1.18. The molecule has 5 heteroatoms. The van der Waals surface area contributed by atoms with E-state index in [1.54, 1.807) is 16.2 Å². The van der Waals surface area contributed by atoms with Crippen LogP contribution < -0.4 is 5.32 Å². The SMILES string of the molecule is CN(Cc1nc2ccccc2s1)C(=O)[C@H]1CCCN1. The molecule has 1 aliphatic rings. The maximum Gasteiger partial charge on any atom is 0.239 e. The Morgan fingerprint density at radius 3 is 3.11 bits per heavy atom. The van der Waals surface area contributed by atoms with Gasteiger partial charge in [-0.1, -0.05) is 12.1 Å². The van der Waals surface area contributed by atoms with Gasteiger partial charge in [0.15, 0.2) is 0 Å². The van der Waals surface area contributed by atoms with E-state index in [4.69, 9.17) is 0 Å². The van der Waals surface area contributed by atoms with E-state index in [9.17, 15) is 4.79 Å². The number of hydrogen-bond donors (Lipinski definition) is 1. The molecule has 1 atom stereocenters. The molecule has 1 aliphatic heterocycles. The van der Waals surface area contributed by atoms with E-state index >= 15 is 0 Å². The third-order valence-corrected chi connectivity index (χ3v) is 4.47. The summed E-state index contributed by atoms with van der Waals surface area (Å²) in [6.45, 7) is 1.54. The lowest BCUT2D eigenvalue weighted by atomic mass is 10.2. The number of benzene rings is 1. The fraction of sp³-hybridized carbons (Fsp3) is 0.429. The quantitative estimate of drug-likeness (QED) is 0.932. The van der Waals surface area contributed by atoms with Crippen LogP contribution in [0.2, 0.25) is 0 Å². The minimum atomic E-state index is -0.000576. The molecule has 0 radical (unpaired) electrons. The minimum Gasteiger partial charge on any atom is -0.338 e. The van der Waals surface area contributed by atoms with Crippen molar-refractivity contribution < 1.29 is 4.79 Å². The highest BCUT2D eigenvalue weighted by Crippen LogP contribution is 2.22. The van der Waals surface area contributed by atoms with Crippen molar-refractivity contribution in [3.63, 3.8) is 0 Å². The Morgan fingerprint density at radius 2 is 2.37 bits per heavy atom. The number of rotatable bonds is 3. The molecule has 3 rings (SSSR count). The first-order valence-electron chi connectivity index (χ1n) is 6.57. The highest BCUT2D eigenvalue weighted by atomic mass is 32.1. The van der Waals surface area contributed by atoms with Crippen LogP contribution >= 0.6 is 11.3 Å². The summed E-state index contributed by atoms with van der Waals surface area (Å²) in [5.41, 5.74) is 1.02. The molecule has 0 spiro atoms. The van der Waals surface area contributed by atoms with Crippen LogP contribution in [0.25, 0.3) is 10.2 Å². The van der Waals surface area contributed by atoms with E-state index < -0.39 is 0 Å². The molecule has 19 heavy (non-hydrogen) atoms. The number of amides is 1. The molecule has 1 saturated heterocycles. The van der Waals surface area contributed by atoms with Crippen molar-refractivity contribution in [2.45, 2.75) is 25.4 Å². The molecule has 1 aromatic heterocycles. The van der Waals surface area contributed by atoms with Crippen LogP contribution in [-0.4, -0.2) is 35.4 Å². The summed E-state index contributed by atoms with van der Waals surface area (Å²) in [6, 6.07) is 8.08. The van der Waals surface area contributed by atoms with E-state index in [1.165, 1.54) is 4.70 Å². The van der Waals surface area contributed by atoms with Gasteiger partial charge in [0.1, 0.15) is 5.01 Å². The van der Waals surface area contributed by atoms with Gasteiger partial charge in [-0.2, -0.15) is 0 Å². The smallest absolute Gasteiger partial charge is 0.239 e. The number of thiazole rings is 1. The predicted octanol–water partition coefficient (Wildman–Crippen LogP) is 2.01. The van der Waals surface area contributed by atoms with Crippen LogP contribution in [0.4, 0.5) is 0 Å². The van der Waals surface area contributed by atoms with Crippen LogP contribution in [0.15, 0.2) is 24.3 Å². The van der Waals surface area contributed by atoms with E-state index in [0.29, 0.717) is 6.54 Å². The Bertz CT molecular complexity index is 556. The first-order valence-corrected chi connectivity index (χ1v) is 7.38. The van der Waals surface area contributed by atoms with E-state index in [1.807, 2.05) is 25.2 Å². The standard InChI is InChI=1S/C14H17N3OS/c1-17(14(18)11-6-4-8-15-11)9-13-16-10-5-2-3-7-12(10)19-13/h2-3,5,7,11,15H,4,6,8-9H2,1H3/t11-/m1/s1. The Kier molecular flexibility index (Phi) is 3.48. The van der Waals surface area contributed by atoms with Crippen molar-refractivity contribution in [1.29, 1.82) is 0 Å². The molecule has 0 bridgehead atoms. The van der Waals surface area contributed by atoms with Gasteiger partial charge < -0.3 is 10.2 Å². The number of hydrogen-bond acceptors (Lipinski definition) is 4. The molecule has 0 unspecified atom stereocenters. The van der Waals surface area contributed by atoms with Gasteiger partial charge >= 0.3 is 0 Å². The van der Waals surface area contributed by atoms with Crippen molar-refractivity contribution in [3.8, 4) is 0 Å². The second-order valence-electron chi connectivity index (χ2n) is 4.92. The summed E-state index contributed by atoms with van der Waals surface area (Å²) in [4.78, 5) is 18.5. The average Bonchev–Trinajstić information content (AvgIpc) is 3.06. The van der Waals surface area contributed by atoms with Crippen molar-refractivity contribution in [2.75, 3.05) is 13.6 Å². The summed E-state index contributed by atoms with van der Waals surface area (Å²) in [6.07, 6.45) is 2.04. The third-order valence-electron chi connectivity index (χ3n) is 3.45. The van der Waals surface area contributed by atoms with Gasteiger partial charge in [0.25, 0.3) is 0 Å². The summed E-state index contributed by atoms with van der Waals surface area (Å²) in [7, 11) is 1.86. The van der Waals surface area contributed by atoms with Gasteiger partial charge in [-0.15, -0.1) is 11.3 Å². The number of nitrogens with zero attached hydrogens (tertiary/aromatic N) is 2. The molecule has 0 saturated carbocycles. The molecule has 100 valence electrons. The van der Waals surface area contributed by atoms with Crippen molar-refractivity contribution >= 4 is 27.5 Å². The van der Waals surface area contributed by atoms with E-state index in [0.717, 1.165) is 29.9 Å². The maximum atomic E-state index is 12.2. The molecule has 4 nitrogen and oxygen atoms in total. The molecule has 1 N–H and O–H groups in total. The Morgan fingerprint density at radius 1 is 1.53 bits per heavy atom. The fourth-order valence-electron chi connectivity index (χ4n) is 2.43. The fourth-order valence-corrected chi connectivity index (χ4v) is 3.45. The minimum absolute atomic E-state index is 0.000576. The monoisotopic (exact) mass is 275 g/mol. The molecule has 2 aromatic rings. The van der Waals surface area contributed by atoms with Crippen LogP contribution in [0.5, 0.6) is 0 Å². The van der Waals surface area contributed by atoms with Gasteiger partial charge in [-0.3, -0.25) is 4.79 Å². The summed E-state index contributed by atoms with van der Waals surface area (Å²) in [5, 5.41) is 4.24. The number of nitrogens with one attached hydrogen (secondary N) is 1. The van der Waals surface area contributed by atoms with Crippen molar-refractivity contribution in [3.05, 3.63) is 29.3 Å². The van der Waals surface area contributed by atoms with Crippen LogP contribution in [0.1, 0.15) is 17.8 Å². The predicted molar refractivity (Wildman–Crippen MR) is 77.1 cm³/mol. The zero-order valence-electron chi connectivity index (χ0n) is 10.9. The Hall–Kier alpha value is -1.46. The maximum absolute atomic E-state index is 12.2. The van der Waals surface area contributed by atoms with Gasteiger partial charge in [-0.25, -0.2) is 4.98 Å². The highest BCUT2D eigenvalue weighted by Gasteiger charge is 2.25. The lowest BCUT2D eigenvalue weighted by Gasteiger charge is -2.19. The Balaban J connectivity index is 1.71. The zero-order chi connectivity index (χ0) is 13.2. The number of fused-ring (bicyclic) bond motifs is 1. The van der Waals surface area contributed by atoms with Crippen molar-refractivity contribution in [2.24, 2.45) is 0 Å². The summed E-state index contributed by atoms with van der Waals surface area (Å²) >= 11 is 1.66. The first kappa shape index (κ1) is 12.6. The second kappa shape index (κ2) is 5.27. The number of likely N-dealkylation sites (N-methyl/N-ethyl adjacent to an activating group) is 1.